The number of benzene rings is 2. The van der Waals surface area contributed by atoms with Gasteiger partial charge in [-0.1, -0.05) is 42.0 Å². The van der Waals surface area contributed by atoms with Crippen LogP contribution in [0.1, 0.15) is 11.1 Å². The second-order valence-electron chi connectivity index (χ2n) is 4.57. The lowest BCUT2D eigenvalue weighted by Gasteiger charge is -2.06. The van der Waals surface area contributed by atoms with Crippen LogP contribution in [0.5, 0.6) is 0 Å². The van der Waals surface area contributed by atoms with Crippen molar-refractivity contribution in [1.82, 2.24) is 9.97 Å². The Bertz CT molecular complexity index is 717. The van der Waals surface area contributed by atoms with Crippen LogP contribution >= 0.6 is 0 Å². The number of para-hydroxylation sites is 1. The summed E-state index contributed by atoms with van der Waals surface area (Å²) in [6.07, 6.45) is 1.89. The Kier molecular flexibility index (Phi) is 2.56. The van der Waals surface area contributed by atoms with Crippen molar-refractivity contribution in [2.45, 2.75) is 13.8 Å². The van der Waals surface area contributed by atoms with Gasteiger partial charge in [-0.05, 0) is 25.5 Å². The highest BCUT2D eigenvalue weighted by Crippen LogP contribution is 2.22. The van der Waals surface area contributed by atoms with Crippen LogP contribution in [0.15, 0.2) is 48.7 Å². The van der Waals surface area contributed by atoms with Crippen molar-refractivity contribution in [3.8, 4) is 11.4 Å². The number of hydrogen-bond donors (Lipinski definition) is 0. The molecule has 0 aliphatic heterocycles. The van der Waals surface area contributed by atoms with Gasteiger partial charge in [0.25, 0.3) is 0 Å². The van der Waals surface area contributed by atoms with Crippen LogP contribution in [0.3, 0.4) is 0 Å². The van der Waals surface area contributed by atoms with Crippen LogP contribution < -0.4 is 0 Å². The van der Waals surface area contributed by atoms with Crippen LogP contribution in [0, 0.1) is 13.8 Å². The van der Waals surface area contributed by atoms with E-state index in [1.54, 1.807) is 0 Å². The second-order valence-corrected chi connectivity index (χ2v) is 4.57. The molecule has 18 heavy (non-hydrogen) atoms. The van der Waals surface area contributed by atoms with E-state index in [0.29, 0.717) is 0 Å². The largest absolute Gasteiger partial charge is 0.236 e. The molecule has 1 aromatic heterocycles. The fourth-order valence-corrected chi connectivity index (χ4v) is 2.17. The number of nitrogens with zero attached hydrogens (tertiary/aromatic N) is 2. The minimum Gasteiger partial charge on any atom is -0.236 e. The molecule has 0 saturated heterocycles. The molecule has 0 unspecified atom stereocenters. The van der Waals surface area contributed by atoms with Gasteiger partial charge in [-0.25, -0.2) is 9.97 Å². The van der Waals surface area contributed by atoms with Gasteiger partial charge in [0.1, 0.15) is 0 Å². The number of rotatable bonds is 1. The molecule has 88 valence electrons. The lowest BCUT2D eigenvalue weighted by atomic mass is 10.1. The van der Waals surface area contributed by atoms with Gasteiger partial charge in [0.2, 0.25) is 0 Å². The van der Waals surface area contributed by atoms with Gasteiger partial charge in [0, 0.05) is 17.1 Å². The molecular weight excluding hydrogens is 220 g/mol. The van der Waals surface area contributed by atoms with Crippen LogP contribution in [0.4, 0.5) is 0 Å². The summed E-state index contributed by atoms with van der Waals surface area (Å²) in [7, 11) is 0. The number of fused-ring (bicyclic) bond motifs is 1. The quantitative estimate of drug-likeness (QED) is 0.638. The minimum atomic E-state index is 0.797. The van der Waals surface area contributed by atoms with E-state index >= 15 is 0 Å². The van der Waals surface area contributed by atoms with Gasteiger partial charge in [0.15, 0.2) is 5.82 Å². The Morgan fingerprint density at radius 3 is 2.61 bits per heavy atom. The molecule has 2 heteroatoms. The van der Waals surface area contributed by atoms with Crippen LogP contribution in [0.25, 0.3) is 22.3 Å². The van der Waals surface area contributed by atoms with Gasteiger partial charge < -0.3 is 0 Å². The maximum Gasteiger partial charge on any atom is 0.160 e. The Morgan fingerprint density at radius 2 is 1.78 bits per heavy atom. The summed E-state index contributed by atoms with van der Waals surface area (Å²) >= 11 is 0. The summed E-state index contributed by atoms with van der Waals surface area (Å²) in [5.74, 6) is 0.797. The maximum absolute atomic E-state index is 4.62. The molecule has 0 saturated carbocycles. The molecule has 3 rings (SSSR count). The molecule has 2 nitrogen and oxygen atoms in total. The standard InChI is InChI=1S/C16H14N2/c1-11-7-8-14(12(2)9-11)16-17-10-13-5-3-4-6-15(13)18-16/h3-10H,1-2H3. The third-order valence-electron chi connectivity index (χ3n) is 3.11. The van der Waals surface area contributed by atoms with Crippen molar-refractivity contribution in [2.24, 2.45) is 0 Å². The molecule has 0 bridgehead atoms. The first kappa shape index (κ1) is 10.9. The number of hydrogen-bond acceptors (Lipinski definition) is 2. The smallest absolute Gasteiger partial charge is 0.160 e. The maximum atomic E-state index is 4.62. The molecule has 0 amide bonds. The lowest BCUT2D eigenvalue weighted by molar-refractivity contribution is 1.21. The van der Waals surface area contributed by atoms with Crippen LogP contribution in [-0.4, -0.2) is 9.97 Å². The Balaban J connectivity index is 2.19. The van der Waals surface area contributed by atoms with Crippen molar-refractivity contribution in [1.29, 1.82) is 0 Å². The zero-order chi connectivity index (χ0) is 12.5. The third-order valence-corrected chi connectivity index (χ3v) is 3.11. The highest BCUT2D eigenvalue weighted by atomic mass is 14.9. The van der Waals surface area contributed by atoms with E-state index in [9.17, 15) is 0 Å². The number of aromatic nitrogens is 2. The highest BCUT2D eigenvalue weighted by Gasteiger charge is 2.05. The monoisotopic (exact) mass is 234 g/mol. The van der Waals surface area contributed by atoms with Crippen molar-refractivity contribution >= 4 is 10.9 Å². The minimum absolute atomic E-state index is 0.797. The van der Waals surface area contributed by atoms with E-state index in [1.807, 2.05) is 30.5 Å². The predicted molar refractivity (Wildman–Crippen MR) is 74.4 cm³/mol. The third kappa shape index (κ3) is 1.86. The first-order chi connectivity index (χ1) is 8.74. The summed E-state index contributed by atoms with van der Waals surface area (Å²) in [6.45, 7) is 4.19. The highest BCUT2D eigenvalue weighted by molar-refractivity contribution is 5.79. The Morgan fingerprint density at radius 1 is 0.944 bits per heavy atom. The molecule has 0 N–H and O–H groups in total. The van der Waals surface area contributed by atoms with Crippen molar-refractivity contribution in [3.05, 3.63) is 59.8 Å². The average Bonchev–Trinajstić information content (AvgIpc) is 2.38. The van der Waals surface area contributed by atoms with Gasteiger partial charge >= 0.3 is 0 Å². The molecule has 0 aliphatic rings. The summed E-state index contributed by atoms with van der Waals surface area (Å²) in [4.78, 5) is 9.08. The summed E-state index contributed by atoms with van der Waals surface area (Å²) in [5.41, 5.74) is 4.57. The van der Waals surface area contributed by atoms with Crippen molar-refractivity contribution < 1.29 is 0 Å². The van der Waals surface area contributed by atoms with Crippen LogP contribution in [-0.2, 0) is 0 Å². The molecule has 0 aliphatic carbocycles. The first-order valence-corrected chi connectivity index (χ1v) is 6.03. The normalized spacial score (nSPS) is 10.8. The zero-order valence-electron chi connectivity index (χ0n) is 10.5. The predicted octanol–water partition coefficient (Wildman–Crippen LogP) is 3.91. The van der Waals surface area contributed by atoms with E-state index in [-0.39, 0.29) is 0 Å². The van der Waals surface area contributed by atoms with Gasteiger partial charge in [-0.2, -0.15) is 0 Å². The fourth-order valence-electron chi connectivity index (χ4n) is 2.17. The zero-order valence-corrected chi connectivity index (χ0v) is 10.5. The van der Waals surface area contributed by atoms with Gasteiger partial charge in [-0.3, -0.25) is 0 Å². The molecule has 0 atom stereocenters. The lowest BCUT2D eigenvalue weighted by Crippen LogP contribution is -1.92. The average molecular weight is 234 g/mol. The van der Waals surface area contributed by atoms with Crippen molar-refractivity contribution in [3.63, 3.8) is 0 Å². The van der Waals surface area contributed by atoms with E-state index in [4.69, 9.17) is 0 Å². The number of aryl methyl sites for hydroxylation is 2. The molecule has 2 aromatic carbocycles. The summed E-state index contributed by atoms with van der Waals surface area (Å²) < 4.78 is 0. The van der Waals surface area contributed by atoms with E-state index < -0.39 is 0 Å². The van der Waals surface area contributed by atoms with E-state index in [2.05, 4.69) is 42.0 Å². The van der Waals surface area contributed by atoms with Crippen molar-refractivity contribution in [2.75, 3.05) is 0 Å². The second kappa shape index (κ2) is 4.22. The Labute approximate surface area is 106 Å². The first-order valence-electron chi connectivity index (χ1n) is 6.03. The summed E-state index contributed by atoms with van der Waals surface area (Å²) in [5, 5.41) is 1.08. The molecular formula is C16H14N2. The van der Waals surface area contributed by atoms with E-state index in [0.717, 1.165) is 22.3 Å². The molecule has 3 aromatic rings. The molecule has 0 spiro atoms. The molecule has 0 fully saturated rings. The molecule has 0 radical (unpaired) electrons. The van der Waals surface area contributed by atoms with Gasteiger partial charge in [0.05, 0.1) is 5.52 Å². The van der Waals surface area contributed by atoms with Crippen LogP contribution in [0.2, 0.25) is 0 Å². The Hall–Kier alpha value is -2.22. The fraction of sp³-hybridized carbons (Fsp3) is 0.125. The molecule has 1 heterocycles. The van der Waals surface area contributed by atoms with Gasteiger partial charge in [-0.15, -0.1) is 0 Å². The van der Waals surface area contributed by atoms with E-state index in [1.165, 1.54) is 11.1 Å². The summed E-state index contributed by atoms with van der Waals surface area (Å²) in [6, 6.07) is 14.4. The SMILES string of the molecule is Cc1ccc(-c2ncc3ccccc3n2)c(C)c1. The topological polar surface area (TPSA) is 25.8 Å².